The average molecular weight is 242 g/mol. The number of hydrogen-bond acceptors (Lipinski definition) is 2. The third-order valence-electron chi connectivity index (χ3n) is 2.31. The fourth-order valence-electron chi connectivity index (χ4n) is 1.29. The van der Waals surface area contributed by atoms with E-state index in [9.17, 15) is 0 Å². The van der Waals surface area contributed by atoms with Gasteiger partial charge in [-0.1, -0.05) is 0 Å². The summed E-state index contributed by atoms with van der Waals surface area (Å²) in [7, 11) is 0. The average Bonchev–Trinajstić information content (AvgIpc) is 2.74. The number of thiophene rings is 1. The molecule has 0 bridgehead atoms. The van der Waals surface area contributed by atoms with Crippen molar-refractivity contribution in [1.82, 2.24) is 0 Å². The number of halogens is 1. The number of nitriles is 1. The van der Waals surface area contributed by atoms with Gasteiger partial charge in [0.2, 0.25) is 0 Å². The summed E-state index contributed by atoms with van der Waals surface area (Å²) in [6.07, 6.45) is 3.07. The van der Waals surface area contributed by atoms with Crippen LogP contribution < -0.4 is 0 Å². The van der Waals surface area contributed by atoms with Crippen LogP contribution in [0.25, 0.3) is 0 Å². The van der Waals surface area contributed by atoms with Crippen LogP contribution in [0, 0.1) is 16.7 Å². The molecule has 1 fully saturated rings. The Morgan fingerprint density at radius 3 is 2.83 bits per heavy atom. The summed E-state index contributed by atoms with van der Waals surface area (Å²) >= 11 is 5.18. The van der Waals surface area contributed by atoms with E-state index in [1.807, 2.05) is 0 Å². The lowest BCUT2D eigenvalue weighted by Crippen LogP contribution is -2.00. The number of hydrogen-bond donors (Lipinski definition) is 0. The van der Waals surface area contributed by atoms with Crippen LogP contribution in [0.4, 0.5) is 0 Å². The minimum atomic E-state index is -0.0103. The number of rotatable bonds is 2. The van der Waals surface area contributed by atoms with Crippen LogP contribution in [0.3, 0.4) is 0 Å². The summed E-state index contributed by atoms with van der Waals surface area (Å²) in [4.78, 5) is 0. The van der Waals surface area contributed by atoms with Gasteiger partial charge in [0.25, 0.3) is 0 Å². The van der Waals surface area contributed by atoms with Crippen molar-refractivity contribution in [2.75, 3.05) is 0 Å². The molecule has 12 heavy (non-hydrogen) atoms. The van der Waals surface area contributed by atoms with Gasteiger partial charge in [0.15, 0.2) is 0 Å². The monoisotopic (exact) mass is 241 g/mol. The standard InChI is InChI=1S/C9H8BrNS/c10-8-7(1-4-12-8)5-9(6-11)2-3-9/h1,4H,2-3,5H2. The largest absolute Gasteiger partial charge is 0.198 e. The van der Waals surface area contributed by atoms with Crippen molar-refractivity contribution in [3.05, 3.63) is 20.8 Å². The van der Waals surface area contributed by atoms with Crippen molar-refractivity contribution in [2.24, 2.45) is 5.41 Å². The highest BCUT2D eigenvalue weighted by molar-refractivity contribution is 9.11. The molecule has 1 aliphatic rings. The fourth-order valence-corrected chi connectivity index (χ4v) is 2.53. The molecule has 0 saturated heterocycles. The molecule has 1 aliphatic carbocycles. The predicted molar refractivity (Wildman–Crippen MR) is 53.0 cm³/mol. The van der Waals surface area contributed by atoms with Crippen LogP contribution >= 0.6 is 27.3 Å². The van der Waals surface area contributed by atoms with E-state index in [0.717, 1.165) is 19.3 Å². The Balaban J connectivity index is 2.15. The molecule has 1 saturated carbocycles. The topological polar surface area (TPSA) is 23.8 Å². The van der Waals surface area contributed by atoms with Gasteiger partial charge >= 0.3 is 0 Å². The van der Waals surface area contributed by atoms with Crippen molar-refractivity contribution in [3.8, 4) is 6.07 Å². The van der Waals surface area contributed by atoms with Crippen molar-refractivity contribution < 1.29 is 0 Å². The molecule has 1 nitrogen and oxygen atoms in total. The zero-order valence-corrected chi connectivity index (χ0v) is 8.91. The maximum Gasteiger partial charge on any atom is 0.0730 e. The normalized spacial score (nSPS) is 18.7. The molecule has 0 amide bonds. The molecule has 0 aromatic carbocycles. The zero-order valence-electron chi connectivity index (χ0n) is 6.51. The molecule has 1 aromatic heterocycles. The van der Waals surface area contributed by atoms with Gasteiger partial charge in [-0.15, -0.1) is 11.3 Å². The first kappa shape index (κ1) is 8.28. The minimum absolute atomic E-state index is 0.0103. The molecule has 3 heteroatoms. The highest BCUT2D eigenvalue weighted by atomic mass is 79.9. The molecule has 0 unspecified atom stereocenters. The van der Waals surface area contributed by atoms with E-state index in [2.05, 4.69) is 33.4 Å². The van der Waals surface area contributed by atoms with Gasteiger partial charge in [-0.05, 0) is 52.2 Å². The summed E-state index contributed by atoms with van der Waals surface area (Å²) in [6.45, 7) is 0. The van der Waals surface area contributed by atoms with Gasteiger partial charge < -0.3 is 0 Å². The lowest BCUT2D eigenvalue weighted by Gasteiger charge is -2.02. The van der Waals surface area contributed by atoms with Gasteiger partial charge in [0.1, 0.15) is 0 Å². The molecule has 1 heterocycles. The second-order valence-corrected chi connectivity index (χ2v) is 5.52. The predicted octanol–water partition coefficient (Wildman–Crippen LogP) is 3.36. The van der Waals surface area contributed by atoms with E-state index in [-0.39, 0.29) is 5.41 Å². The molecule has 1 aromatic rings. The summed E-state index contributed by atoms with van der Waals surface area (Å²) in [5, 5.41) is 10.9. The molecule has 0 atom stereocenters. The third kappa shape index (κ3) is 1.41. The molecule has 62 valence electrons. The Morgan fingerprint density at radius 2 is 2.42 bits per heavy atom. The van der Waals surface area contributed by atoms with E-state index in [4.69, 9.17) is 5.26 Å². The Kier molecular flexibility index (Phi) is 1.97. The van der Waals surface area contributed by atoms with Gasteiger partial charge in [-0.25, -0.2) is 0 Å². The summed E-state index contributed by atoms with van der Waals surface area (Å²) < 4.78 is 1.18. The van der Waals surface area contributed by atoms with E-state index in [0.29, 0.717) is 0 Å². The third-order valence-corrected chi connectivity index (χ3v) is 4.12. The second-order valence-electron chi connectivity index (χ2n) is 3.29. The molecule has 0 spiro atoms. The number of nitrogens with zero attached hydrogens (tertiary/aromatic N) is 1. The summed E-state index contributed by atoms with van der Waals surface area (Å²) in [6, 6.07) is 4.51. The van der Waals surface area contributed by atoms with E-state index in [1.54, 1.807) is 11.3 Å². The Hall–Kier alpha value is -0.330. The van der Waals surface area contributed by atoms with Crippen LogP contribution in [0.1, 0.15) is 18.4 Å². The maximum atomic E-state index is 8.88. The minimum Gasteiger partial charge on any atom is -0.198 e. The van der Waals surface area contributed by atoms with Crippen LogP contribution in [0.5, 0.6) is 0 Å². The van der Waals surface area contributed by atoms with Crippen LogP contribution in [0.2, 0.25) is 0 Å². The van der Waals surface area contributed by atoms with E-state index < -0.39 is 0 Å². The van der Waals surface area contributed by atoms with Crippen molar-refractivity contribution in [1.29, 1.82) is 5.26 Å². The molecular formula is C9H8BrNS. The van der Waals surface area contributed by atoms with Crippen LogP contribution in [-0.4, -0.2) is 0 Å². The molecule has 0 N–H and O–H groups in total. The first-order valence-electron chi connectivity index (χ1n) is 3.89. The molecule has 0 radical (unpaired) electrons. The first-order valence-corrected chi connectivity index (χ1v) is 5.56. The lowest BCUT2D eigenvalue weighted by molar-refractivity contribution is 0.665. The Bertz CT molecular complexity index is 333. The van der Waals surface area contributed by atoms with Gasteiger partial charge in [-0.3, -0.25) is 0 Å². The zero-order chi connectivity index (χ0) is 8.60. The highest BCUT2D eigenvalue weighted by Crippen LogP contribution is 2.48. The Labute approximate surface area is 84.2 Å². The van der Waals surface area contributed by atoms with Crippen LogP contribution in [-0.2, 0) is 6.42 Å². The van der Waals surface area contributed by atoms with Crippen LogP contribution in [0.15, 0.2) is 15.2 Å². The fraction of sp³-hybridized carbons (Fsp3) is 0.444. The second kappa shape index (κ2) is 2.86. The van der Waals surface area contributed by atoms with Gasteiger partial charge in [-0.2, -0.15) is 5.26 Å². The highest BCUT2D eigenvalue weighted by Gasteiger charge is 2.43. The molecular weight excluding hydrogens is 234 g/mol. The van der Waals surface area contributed by atoms with E-state index in [1.165, 1.54) is 9.35 Å². The van der Waals surface area contributed by atoms with Gasteiger partial charge in [0.05, 0.1) is 15.3 Å². The Morgan fingerprint density at radius 1 is 1.67 bits per heavy atom. The van der Waals surface area contributed by atoms with Gasteiger partial charge in [0, 0.05) is 0 Å². The van der Waals surface area contributed by atoms with Crippen molar-refractivity contribution in [2.45, 2.75) is 19.3 Å². The quantitative estimate of drug-likeness (QED) is 0.780. The molecule has 2 rings (SSSR count). The molecule has 0 aliphatic heterocycles. The maximum absolute atomic E-state index is 8.88. The van der Waals surface area contributed by atoms with Crippen molar-refractivity contribution in [3.63, 3.8) is 0 Å². The lowest BCUT2D eigenvalue weighted by atomic mass is 10.0. The van der Waals surface area contributed by atoms with Crippen molar-refractivity contribution >= 4 is 27.3 Å². The summed E-state index contributed by atoms with van der Waals surface area (Å²) in [5.41, 5.74) is 1.28. The first-order chi connectivity index (χ1) is 5.76. The van der Waals surface area contributed by atoms with E-state index >= 15 is 0 Å². The smallest absolute Gasteiger partial charge is 0.0730 e. The summed E-state index contributed by atoms with van der Waals surface area (Å²) in [5.74, 6) is 0. The SMILES string of the molecule is N#CC1(Cc2ccsc2Br)CC1.